The molecule has 0 aliphatic carbocycles. The van der Waals surface area contributed by atoms with Crippen LogP contribution in [0, 0.1) is 0 Å². The van der Waals surface area contributed by atoms with Crippen LogP contribution >= 0.6 is 11.6 Å². The largest absolute Gasteiger partial charge is 0.336 e. The van der Waals surface area contributed by atoms with Gasteiger partial charge in [0, 0.05) is 12.4 Å². The van der Waals surface area contributed by atoms with E-state index in [9.17, 15) is 0 Å². The van der Waals surface area contributed by atoms with Crippen molar-refractivity contribution in [1.82, 2.24) is 24.7 Å². The first-order chi connectivity index (χ1) is 8.93. The van der Waals surface area contributed by atoms with E-state index in [1.165, 1.54) is 0 Å². The first-order valence-corrected chi connectivity index (χ1v) is 6.38. The Labute approximate surface area is 115 Å². The molecule has 3 aromatic heterocycles. The molecule has 0 fully saturated rings. The van der Waals surface area contributed by atoms with Gasteiger partial charge in [0.05, 0.1) is 27.8 Å². The summed E-state index contributed by atoms with van der Waals surface area (Å²) in [5.74, 6) is 0.750. The zero-order valence-corrected chi connectivity index (χ0v) is 11.7. The number of pyridine rings is 1. The van der Waals surface area contributed by atoms with E-state index >= 15 is 0 Å². The molecule has 0 saturated carbocycles. The predicted molar refractivity (Wildman–Crippen MR) is 75.1 cm³/mol. The lowest BCUT2D eigenvalue weighted by atomic mass is 10.1. The van der Waals surface area contributed by atoms with Gasteiger partial charge in [0.2, 0.25) is 0 Å². The van der Waals surface area contributed by atoms with Crippen molar-refractivity contribution in [3.63, 3.8) is 0 Å². The van der Waals surface area contributed by atoms with Gasteiger partial charge in [0.25, 0.3) is 0 Å². The molecule has 1 N–H and O–H groups in total. The minimum absolute atomic E-state index is 0.0498. The van der Waals surface area contributed by atoms with Crippen LogP contribution in [0.25, 0.3) is 22.6 Å². The van der Waals surface area contributed by atoms with Gasteiger partial charge in [0.1, 0.15) is 5.82 Å². The van der Waals surface area contributed by atoms with Gasteiger partial charge in [-0.05, 0) is 26.8 Å². The zero-order chi connectivity index (χ0) is 13.6. The molecule has 3 aromatic rings. The summed E-state index contributed by atoms with van der Waals surface area (Å²) in [6.45, 7) is 6.30. The van der Waals surface area contributed by atoms with Crippen LogP contribution in [0.1, 0.15) is 20.8 Å². The summed E-state index contributed by atoms with van der Waals surface area (Å²) in [5, 5.41) is 4.95. The highest BCUT2D eigenvalue weighted by molar-refractivity contribution is 6.31. The monoisotopic (exact) mass is 275 g/mol. The van der Waals surface area contributed by atoms with Crippen molar-refractivity contribution in [2.24, 2.45) is 0 Å². The smallest absolute Gasteiger partial charge is 0.178 e. The minimum Gasteiger partial charge on any atom is -0.336 e. The number of rotatable bonds is 1. The summed E-state index contributed by atoms with van der Waals surface area (Å²) >= 11 is 5.91. The maximum atomic E-state index is 5.91. The fourth-order valence-corrected chi connectivity index (χ4v) is 1.98. The number of aromatic amines is 1. The number of hydrogen-bond donors (Lipinski definition) is 1. The molecule has 0 bridgehead atoms. The molecule has 19 heavy (non-hydrogen) atoms. The molecule has 0 amide bonds. The Balaban J connectivity index is 2.07. The van der Waals surface area contributed by atoms with E-state index in [4.69, 9.17) is 11.6 Å². The molecule has 0 aliphatic heterocycles. The highest BCUT2D eigenvalue weighted by Crippen LogP contribution is 2.22. The van der Waals surface area contributed by atoms with Gasteiger partial charge < -0.3 is 4.98 Å². The molecule has 0 spiro atoms. The van der Waals surface area contributed by atoms with Gasteiger partial charge in [-0.2, -0.15) is 5.10 Å². The van der Waals surface area contributed by atoms with Crippen molar-refractivity contribution >= 4 is 22.8 Å². The van der Waals surface area contributed by atoms with Crippen molar-refractivity contribution in [2.75, 3.05) is 0 Å². The second-order valence-corrected chi connectivity index (χ2v) is 5.89. The average Bonchev–Trinajstić information content (AvgIpc) is 2.92. The van der Waals surface area contributed by atoms with Crippen molar-refractivity contribution in [3.05, 3.63) is 29.7 Å². The molecule has 0 unspecified atom stereocenters. The van der Waals surface area contributed by atoms with Gasteiger partial charge in [-0.25, -0.2) is 9.97 Å². The molecule has 0 radical (unpaired) electrons. The quantitative estimate of drug-likeness (QED) is 0.742. The third-order valence-electron chi connectivity index (χ3n) is 2.85. The third-order valence-corrected chi connectivity index (χ3v) is 3.05. The number of nitrogens with one attached hydrogen (secondary N) is 1. The number of imidazole rings is 1. The first-order valence-electron chi connectivity index (χ1n) is 6.00. The molecule has 0 aliphatic rings. The summed E-state index contributed by atoms with van der Waals surface area (Å²) in [7, 11) is 0. The van der Waals surface area contributed by atoms with Crippen molar-refractivity contribution in [2.45, 2.75) is 26.3 Å². The average molecular weight is 276 g/mol. The van der Waals surface area contributed by atoms with Crippen LogP contribution in [-0.4, -0.2) is 24.7 Å². The Morgan fingerprint density at radius 3 is 2.74 bits per heavy atom. The Hall–Kier alpha value is -1.88. The van der Waals surface area contributed by atoms with Crippen LogP contribution in [-0.2, 0) is 5.54 Å². The standard InChI is InChI=1S/C13H14ClN5/c1-13(2,3)19-7-8(5-16-19)11-17-10-4-9(14)6-15-12(10)18-11/h4-7H,1-3H3,(H,15,17,18). The van der Waals surface area contributed by atoms with E-state index < -0.39 is 0 Å². The lowest BCUT2D eigenvalue weighted by Gasteiger charge is -2.18. The van der Waals surface area contributed by atoms with E-state index in [0.717, 1.165) is 16.9 Å². The van der Waals surface area contributed by atoms with Crippen LogP contribution in [0.5, 0.6) is 0 Å². The SMILES string of the molecule is CC(C)(C)n1cc(-c2nc3ncc(Cl)cc3[nH]2)cn1. The van der Waals surface area contributed by atoms with Crippen molar-refractivity contribution in [1.29, 1.82) is 0 Å². The van der Waals surface area contributed by atoms with E-state index in [1.807, 2.05) is 16.9 Å². The summed E-state index contributed by atoms with van der Waals surface area (Å²) in [4.78, 5) is 11.8. The highest BCUT2D eigenvalue weighted by atomic mass is 35.5. The number of nitrogens with zero attached hydrogens (tertiary/aromatic N) is 4. The normalized spacial score (nSPS) is 12.2. The van der Waals surface area contributed by atoms with Crippen LogP contribution < -0.4 is 0 Å². The molecule has 6 heteroatoms. The summed E-state index contributed by atoms with van der Waals surface area (Å²) < 4.78 is 1.91. The summed E-state index contributed by atoms with van der Waals surface area (Å²) in [5.41, 5.74) is 2.37. The van der Waals surface area contributed by atoms with Crippen LogP contribution in [0.3, 0.4) is 0 Å². The van der Waals surface area contributed by atoms with Crippen LogP contribution in [0.4, 0.5) is 0 Å². The lowest BCUT2D eigenvalue weighted by molar-refractivity contribution is 0.355. The van der Waals surface area contributed by atoms with Crippen LogP contribution in [0.2, 0.25) is 5.02 Å². The first kappa shape index (κ1) is 12.2. The Bertz CT molecular complexity index is 735. The Morgan fingerprint density at radius 1 is 1.26 bits per heavy atom. The topological polar surface area (TPSA) is 59.4 Å². The fourth-order valence-electron chi connectivity index (χ4n) is 1.82. The van der Waals surface area contributed by atoms with Gasteiger partial charge in [-0.1, -0.05) is 11.6 Å². The number of H-pyrrole nitrogens is 1. The van der Waals surface area contributed by atoms with E-state index in [-0.39, 0.29) is 5.54 Å². The Kier molecular flexibility index (Phi) is 2.60. The number of aromatic nitrogens is 5. The number of hydrogen-bond acceptors (Lipinski definition) is 3. The number of fused-ring (bicyclic) bond motifs is 1. The van der Waals surface area contributed by atoms with Crippen molar-refractivity contribution in [3.8, 4) is 11.4 Å². The second-order valence-electron chi connectivity index (χ2n) is 5.45. The molecular formula is C13H14ClN5. The maximum Gasteiger partial charge on any atom is 0.178 e. The highest BCUT2D eigenvalue weighted by Gasteiger charge is 2.16. The lowest BCUT2D eigenvalue weighted by Crippen LogP contribution is -2.21. The molecule has 0 saturated heterocycles. The maximum absolute atomic E-state index is 5.91. The summed E-state index contributed by atoms with van der Waals surface area (Å²) in [6.07, 6.45) is 5.36. The molecule has 98 valence electrons. The van der Waals surface area contributed by atoms with Crippen LogP contribution in [0.15, 0.2) is 24.7 Å². The molecule has 0 atom stereocenters. The van der Waals surface area contributed by atoms with E-state index in [2.05, 4.69) is 40.8 Å². The van der Waals surface area contributed by atoms with Gasteiger partial charge in [0.15, 0.2) is 5.65 Å². The van der Waals surface area contributed by atoms with E-state index in [0.29, 0.717) is 10.7 Å². The molecular weight excluding hydrogens is 262 g/mol. The van der Waals surface area contributed by atoms with Gasteiger partial charge in [-0.15, -0.1) is 0 Å². The fraction of sp³-hybridized carbons (Fsp3) is 0.308. The Morgan fingerprint density at radius 2 is 2.05 bits per heavy atom. The van der Waals surface area contributed by atoms with Gasteiger partial charge >= 0.3 is 0 Å². The second kappa shape index (κ2) is 4.06. The summed E-state index contributed by atoms with van der Waals surface area (Å²) in [6, 6.07) is 1.81. The third kappa shape index (κ3) is 2.21. The predicted octanol–water partition coefficient (Wildman–Crippen LogP) is 3.23. The zero-order valence-electron chi connectivity index (χ0n) is 11.0. The minimum atomic E-state index is -0.0498. The van der Waals surface area contributed by atoms with Gasteiger partial charge in [-0.3, -0.25) is 4.68 Å². The molecule has 5 nitrogen and oxygen atoms in total. The molecule has 3 rings (SSSR count). The molecule has 0 aromatic carbocycles. The number of halogens is 1. The van der Waals surface area contributed by atoms with Crippen molar-refractivity contribution < 1.29 is 0 Å². The molecule has 3 heterocycles. The van der Waals surface area contributed by atoms with E-state index in [1.54, 1.807) is 12.4 Å².